The Morgan fingerprint density at radius 1 is 1.04 bits per heavy atom. The lowest BCUT2D eigenvalue weighted by Gasteiger charge is -2.45. The number of anilines is 1. The number of hydrogen-bond acceptors (Lipinski definition) is 10. The van der Waals surface area contributed by atoms with Gasteiger partial charge in [-0.25, -0.2) is 4.79 Å². The van der Waals surface area contributed by atoms with E-state index in [1.165, 1.54) is 11.8 Å². The Hall–Kier alpha value is -3.62. The zero-order valence-electron chi connectivity index (χ0n) is 30.9. The number of benzene rings is 2. The average molecular weight is 748 g/mol. The van der Waals surface area contributed by atoms with Crippen molar-refractivity contribution in [3.8, 4) is 5.75 Å². The molecule has 2 N–H and O–H groups in total. The van der Waals surface area contributed by atoms with Crippen molar-refractivity contribution < 1.29 is 47.9 Å². The van der Waals surface area contributed by atoms with Crippen LogP contribution in [0.3, 0.4) is 0 Å². The van der Waals surface area contributed by atoms with Gasteiger partial charge < -0.3 is 48.6 Å². The molecule has 2 aromatic carbocycles. The molecule has 14 heteroatoms. The maximum absolute atomic E-state index is 13.3. The number of halogens is 1. The molecular weight excluding hydrogens is 694 g/mol. The first-order valence-corrected chi connectivity index (χ1v) is 18.2. The highest BCUT2D eigenvalue weighted by Gasteiger charge is 2.43. The van der Waals surface area contributed by atoms with Crippen LogP contribution in [0.25, 0.3) is 0 Å². The second-order valence-electron chi connectivity index (χ2n) is 13.9. The third-order valence-electron chi connectivity index (χ3n) is 9.42. The molecule has 52 heavy (non-hydrogen) atoms. The first-order chi connectivity index (χ1) is 24.9. The van der Waals surface area contributed by atoms with Crippen LogP contribution in [-0.2, 0) is 46.5 Å². The van der Waals surface area contributed by atoms with Crippen molar-refractivity contribution in [2.24, 2.45) is 5.41 Å². The largest absolute Gasteiger partial charge is 0.490 e. The van der Waals surface area contributed by atoms with Crippen LogP contribution in [0, 0.1) is 5.41 Å². The summed E-state index contributed by atoms with van der Waals surface area (Å²) in [5, 5.41) is 13.0. The van der Waals surface area contributed by atoms with E-state index in [-0.39, 0.29) is 32.0 Å². The summed E-state index contributed by atoms with van der Waals surface area (Å²) in [6, 6.07) is 13.6. The first-order valence-electron chi connectivity index (χ1n) is 17.8. The van der Waals surface area contributed by atoms with Gasteiger partial charge in [0, 0.05) is 44.7 Å². The number of amides is 2. The van der Waals surface area contributed by atoms with Gasteiger partial charge in [0.2, 0.25) is 5.91 Å². The zero-order chi connectivity index (χ0) is 37.7. The summed E-state index contributed by atoms with van der Waals surface area (Å²) in [6.07, 6.45) is -0.0123. The minimum absolute atomic E-state index is 0.112. The Labute approximate surface area is 311 Å². The van der Waals surface area contributed by atoms with E-state index in [2.05, 4.69) is 16.3 Å². The number of carbonyl (C=O) groups excluding carboxylic acids is 2. The molecule has 288 valence electrons. The van der Waals surface area contributed by atoms with E-state index in [4.69, 9.17) is 40.0 Å². The monoisotopic (exact) mass is 747 g/mol. The summed E-state index contributed by atoms with van der Waals surface area (Å²) in [5.41, 5.74) is 2.13. The number of nitrogens with one attached hydrogen (secondary N) is 1. The van der Waals surface area contributed by atoms with Gasteiger partial charge in [0.05, 0.1) is 51.3 Å². The molecule has 4 atom stereocenters. The molecule has 0 aliphatic carbocycles. The molecule has 1 fully saturated rings. The number of carbonyl (C=O) groups is 3. The number of ether oxygens (including phenoxy) is 6. The predicted octanol–water partition coefficient (Wildman–Crippen LogP) is 5.17. The Morgan fingerprint density at radius 2 is 1.77 bits per heavy atom. The van der Waals surface area contributed by atoms with Gasteiger partial charge in [-0.05, 0) is 55.0 Å². The maximum atomic E-state index is 13.3. The molecule has 2 heterocycles. The minimum atomic E-state index is -1.09. The molecule has 0 aromatic heterocycles. The lowest BCUT2D eigenvalue weighted by Crippen LogP contribution is -2.54. The molecule has 4 unspecified atom stereocenters. The molecule has 13 nitrogen and oxygen atoms in total. The summed E-state index contributed by atoms with van der Waals surface area (Å²) in [5.74, 6) is -0.396. The molecule has 2 aliphatic heterocycles. The van der Waals surface area contributed by atoms with Gasteiger partial charge in [-0.3, -0.25) is 9.59 Å². The SMILES string of the molecule is COCCCN1CCOc2ccc(COC3CN(C(=O)O)C(CC(C)(C)C(=O)NCC(=O)OC(C)Cl)CC3c3ccc(COCCOC)cc3)cc21. The van der Waals surface area contributed by atoms with E-state index in [0.717, 1.165) is 47.6 Å². The number of methoxy groups -OCH3 is 2. The number of carboxylic acid groups (broad SMARTS) is 1. The first kappa shape index (κ1) is 41.1. The number of alkyl halides is 1. The number of piperidine rings is 1. The van der Waals surface area contributed by atoms with Crippen molar-refractivity contribution in [1.82, 2.24) is 10.2 Å². The number of rotatable bonds is 19. The average Bonchev–Trinajstić information content (AvgIpc) is 3.11. The fraction of sp³-hybridized carbons (Fsp3) is 0.605. The molecule has 0 radical (unpaired) electrons. The molecule has 0 saturated carbocycles. The number of nitrogens with zero attached hydrogens (tertiary/aromatic N) is 2. The summed E-state index contributed by atoms with van der Waals surface area (Å²) in [4.78, 5) is 41.7. The van der Waals surface area contributed by atoms with Crippen molar-refractivity contribution in [3.05, 3.63) is 59.2 Å². The lowest BCUT2D eigenvalue weighted by atomic mass is 9.76. The van der Waals surface area contributed by atoms with Crippen LogP contribution < -0.4 is 15.0 Å². The van der Waals surface area contributed by atoms with Crippen molar-refractivity contribution in [1.29, 1.82) is 0 Å². The Balaban J connectivity index is 1.54. The lowest BCUT2D eigenvalue weighted by molar-refractivity contribution is -0.146. The quantitative estimate of drug-likeness (QED) is 0.112. The number of fused-ring (bicyclic) bond motifs is 1. The van der Waals surface area contributed by atoms with Gasteiger partial charge in [0.1, 0.15) is 18.9 Å². The van der Waals surface area contributed by atoms with Crippen LogP contribution in [0.15, 0.2) is 42.5 Å². The molecule has 0 bridgehead atoms. The second-order valence-corrected chi connectivity index (χ2v) is 14.5. The summed E-state index contributed by atoms with van der Waals surface area (Å²) >= 11 is 5.73. The topological polar surface area (TPSA) is 145 Å². The van der Waals surface area contributed by atoms with Crippen molar-refractivity contribution in [3.63, 3.8) is 0 Å². The molecule has 2 aromatic rings. The van der Waals surface area contributed by atoms with Crippen molar-refractivity contribution >= 4 is 35.3 Å². The molecule has 2 amide bonds. The highest BCUT2D eigenvalue weighted by atomic mass is 35.5. The molecule has 2 aliphatic rings. The van der Waals surface area contributed by atoms with Gasteiger partial charge in [-0.1, -0.05) is 55.8 Å². The number of hydrogen-bond donors (Lipinski definition) is 2. The Morgan fingerprint density at radius 3 is 2.46 bits per heavy atom. The third kappa shape index (κ3) is 12.0. The molecule has 4 rings (SSSR count). The minimum Gasteiger partial charge on any atom is -0.490 e. The number of likely N-dealkylation sites (tertiary alicyclic amines) is 1. The molecule has 1 saturated heterocycles. The van der Waals surface area contributed by atoms with Crippen LogP contribution >= 0.6 is 11.6 Å². The Bertz CT molecular complexity index is 1460. The highest BCUT2D eigenvalue weighted by molar-refractivity contribution is 6.20. The van der Waals surface area contributed by atoms with Crippen molar-refractivity contribution in [2.45, 2.75) is 76.9 Å². The smallest absolute Gasteiger partial charge is 0.407 e. The second kappa shape index (κ2) is 20.0. The van der Waals surface area contributed by atoms with Gasteiger partial charge in [0.25, 0.3) is 0 Å². The molecular formula is C38H54ClN3O10. The summed E-state index contributed by atoms with van der Waals surface area (Å²) < 4.78 is 33.5. The maximum Gasteiger partial charge on any atom is 0.407 e. The van der Waals surface area contributed by atoms with Crippen LogP contribution in [0.1, 0.15) is 62.6 Å². The van der Waals surface area contributed by atoms with Gasteiger partial charge in [-0.15, -0.1) is 0 Å². The summed E-state index contributed by atoms with van der Waals surface area (Å²) in [7, 11) is 3.33. The third-order valence-corrected chi connectivity index (χ3v) is 9.51. The van der Waals surface area contributed by atoms with E-state index < -0.39 is 41.1 Å². The van der Waals surface area contributed by atoms with E-state index in [1.807, 2.05) is 36.4 Å². The van der Waals surface area contributed by atoms with E-state index in [0.29, 0.717) is 39.5 Å². The van der Waals surface area contributed by atoms with E-state index in [9.17, 15) is 19.5 Å². The predicted molar refractivity (Wildman–Crippen MR) is 196 cm³/mol. The normalized spacial score (nSPS) is 19.4. The van der Waals surface area contributed by atoms with Crippen molar-refractivity contribution in [2.75, 3.05) is 71.7 Å². The summed E-state index contributed by atoms with van der Waals surface area (Å²) in [6.45, 7) is 9.37. The Kier molecular flexibility index (Phi) is 15.8. The van der Waals surface area contributed by atoms with Gasteiger partial charge in [0.15, 0.2) is 5.56 Å². The standard InChI is InChI=1S/C38H54ClN3O10/c1-26(39)52-35(43)22-40-36(44)38(2,3)21-30-20-31(29-10-7-27(8-11-29)24-49-18-17-48-5)34(23-42(30)37(45)46)51-25-28-9-12-33-32(19-28)41(14-16-50-33)13-6-15-47-4/h7-12,19,26,30-31,34H,6,13-18,20-25H2,1-5H3,(H,40,44)(H,45,46). The molecule has 0 spiro atoms. The number of esters is 1. The fourth-order valence-electron chi connectivity index (χ4n) is 6.72. The van der Waals surface area contributed by atoms with E-state index in [1.54, 1.807) is 28.1 Å². The van der Waals surface area contributed by atoms with Crippen LogP contribution in [0.2, 0.25) is 0 Å². The van der Waals surface area contributed by atoms with Gasteiger partial charge >= 0.3 is 12.1 Å². The van der Waals surface area contributed by atoms with Crippen LogP contribution in [0.5, 0.6) is 5.75 Å². The van der Waals surface area contributed by atoms with Crippen LogP contribution in [-0.4, -0.2) is 113 Å². The highest BCUT2D eigenvalue weighted by Crippen LogP contribution is 2.40. The fourth-order valence-corrected chi connectivity index (χ4v) is 6.82. The van der Waals surface area contributed by atoms with Crippen LogP contribution in [0.4, 0.5) is 10.5 Å². The van der Waals surface area contributed by atoms with Gasteiger partial charge in [-0.2, -0.15) is 0 Å². The zero-order valence-corrected chi connectivity index (χ0v) is 31.7. The van der Waals surface area contributed by atoms with E-state index >= 15 is 0 Å².